The molecule has 0 aliphatic heterocycles. The van der Waals surface area contributed by atoms with E-state index in [1.165, 1.54) is 44.2 Å². The third kappa shape index (κ3) is 4.17. The lowest BCUT2D eigenvalue weighted by atomic mass is 9.85. The van der Waals surface area contributed by atoms with E-state index in [2.05, 4.69) is 0 Å². The Kier molecular flexibility index (Phi) is 6.51. The fourth-order valence-corrected chi connectivity index (χ4v) is 3.99. The van der Waals surface area contributed by atoms with Gasteiger partial charge in [-0.3, -0.25) is 4.79 Å². The number of aliphatic carboxylic acids is 1. The van der Waals surface area contributed by atoms with Gasteiger partial charge in [-0.2, -0.15) is 0 Å². The molecule has 3 rings (SSSR count). The number of rotatable bonds is 4. The van der Waals surface area contributed by atoms with Gasteiger partial charge in [-0.1, -0.05) is 40.9 Å². The second-order valence-electron chi connectivity index (χ2n) is 7.07. The van der Waals surface area contributed by atoms with Gasteiger partial charge in [0.2, 0.25) is 0 Å². The molecule has 0 spiro atoms. The minimum atomic E-state index is -1.41. The van der Waals surface area contributed by atoms with E-state index in [-0.39, 0.29) is 31.8 Å². The normalized spacial score (nSPS) is 15.2. The van der Waals surface area contributed by atoms with Gasteiger partial charge in [0.1, 0.15) is 16.9 Å². The van der Waals surface area contributed by atoms with Gasteiger partial charge < -0.3 is 15.3 Å². The molecule has 2 aromatic carbocycles. The van der Waals surface area contributed by atoms with Crippen LogP contribution in [-0.2, 0) is 9.59 Å². The Hall–Kier alpha value is -3.06. The first-order chi connectivity index (χ1) is 14.9. The van der Waals surface area contributed by atoms with Crippen LogP contribution in [0.1, 0.15) is 34.0 Å². The van der Waals surface area contributed by atoms with Crippen molar-refractivity contribution in [3.8, 4) is 5.75 Å². The smallest absolute Gasteiger partial charge is 0.339 e. The summed E-state index contributed by atoms with van der Waals surface area (Å²) in [6, 6.07) is 5.80. The van der Waals surface area contributed by atoms with Crippen LogP contribution >= 0.6 is 34.8 Å². The summed E-state index contributed by atoms with van der Waals surface area (Å²) in [5, 5.41) is 29.5. The van der Waals surface area contributed by atoms with Gasteiger partial charge >= 0.3 is 11.9 Å². The number of hydrogen-bond acceptors (Lipinski definition) is 4. The third-order valence-corrected chi connectivity index (χ3v) is 6.21. The number of phenols is 1. The molecule has 0 saturated heterocycles. The number of allylic oxidation sites excluding steroid dienone is 4. The quantitative estimate of drug-likeness (QED) is 0.372. The highest BCUT2D eigenvalue weighted by atomic mass is 35.5. The van der Waals surface area contributed by atoms with Crippen molar-refractivity contribution in [2.24, 2.45) is 0 Å². The van der Waals surface area contributed by atoms with Crippen molar-refractivity contribution in [3.63, 3.8) is 0 Å². The molecule has 0 bridgehead atoms. The molecule has 6 nitrogen and oxygen atoms in total. The van der Waals surface area contributed by atoms with E-state index in [4.69, 9.17) is 34.8 Å². The van der Waals surface area contributed by atoms with E-state index < -0.39 is 29.0 Å². The number of carbonyl (C=O) groups excluding carboxylic acids is 1. The number of aromatic hydroxyl groups is 1. The van der Waals surface area contributed by atoms with Gasteiger partial charge in [0.15, 0.2) is 5.78 Å². The highest BCUT2D eigenvalue weighted by Gasteiger charge is 2.27. The summed E-state index contributed by atoms with van der Waals surface area (Å²) >= 11 is 18.7. The van der Waals surface area contributed by atoms with E-state index in [0.717, 1.165) is 0 Å². The summed E-state index contributed by atoms with van der Waals surface area (Å²) in [4.78, 5) is 35.6. The summed E-state index contributed by atoms with van der Waals surface area (Å²) in [6.07, 6.45) is 2.67. The van der Waals surface area contributed by atoms with Crippen molar-refractivity contribution in [2.75, 3.05) is 0 Å². The monoisotopic (exact) mass is 492 g/mol. The summed E-state index contributed by atoms with van der Waals surface area (Å²) < 4.78 is 0. The van der Waals surface area contributed by atoms with Crippen molar-refractivity contribution in [2.45, 2.75) is 13.8 Å². The number of Topliss-reactive ketones (excluding diaryl/α,β-unsaturated/α-hetero) is 1. The molecule has 1 aliphatic carbocycles. The zero-order valence-electron chi connectivity index (χ0n) is 16.7. The number of aryl methyl sites for hydroxylation is 1. The van der Waals surface area contributed by atoms with Crippen LogP contribution in [0.25, 0.3) is 5.57 Å². The number of benzene rings is 2. The van der Waals surface area contributed by atoms with Crippen LogP contribution in [0.3, 0.4) is 0 Å². The van der Waals surface area contributed by atoms with Crippen molar-refractivity contribution < 1.29 is 29.7 Å². The lowest BCUT2D eigenvalue weighted by Crippen LogP contribution is -2.17. The molecule has 0 aromatic heterocycles. The van der Waals surface area contributed by atoms with Crippen molar-refractivity contribution in [3.05, 3.63) is 90.5 Å². The molecule has 32 heavy (non-hydrogen) atoms. The molecule has 2 aromatic rings. The Bertz CT molecular complexity index is 1300. The fraction of sp³-hybridized carbons (Fsp3) is 0.0870. The highest BCUT2D eigenvalue weighted by molar-refractivity contribution is 6.48. The summed E-state index contributed by atoms with van der Waals surface area (Å²) in [7, 11) is 0. The van der Waals surface area contributed by atoms with Gasteiger partial charge in [0.25, 0.3) is 0 Å². The number of carbonyl (C=O) groups is 3. The Morgan fingerprint density at radius 2 is 1.53 bits per heavy atom. The standard InChI is InChI=1S/C23H15Cl3O6/c1-9-5-11(7-14(20(9)27)22(29)30)17(13-3-4-16(24)19(26)18(13)25)12-6-10(2)21(28)15(8-12)23(31)32/h3-8,27H,1-2H3,(H,29,30)(H,31,32). The molecular formula is C23H15Cl3O6. The van der Waals surface area contributed by atoms with E-state index in [1.54, 1.807) is 6.07 Å². The van der Waals surface area contributed by atoms with E-state index in [1.807, 2.05) is 0 Å². The van der Waals surface area contributed by atoms with Gasteiger partial charge in [0, 0.05) is 5.56 Å². The predicted octanol–water partition coefficient (Wildman–Crippen LogP) is 5.70. The molecule has 9 heteroatoms. The maximum atomic E-state index is 12.3. The predicted molar refractivity (Wildman–Crippen MR) is 122 cm³/mol. The molecule has 1 aliphatic rings. The SMILES string of the molecule is CC1=CC(=C(c2cc(C)c(O)c(C(=O)O)c2)c2ccc(Cl)c(Cl)c2Cl)C=C(C(=O)O)C1=O. The number of carboxylic acids is 2. The fourth-order valence-electron chi connectivity index (χ4n) is 3.36. The molecule has 0 amide bonds. The molecule has 0 unspecified atom stereocenters. The molecule has 0 atom stereocenters. The average molecular weight is 494 g/mol. The van der Waals surface area contributed by atoms with Gasteiger partial charge in [-0.25, -0.2) is 9.59 Å². The number of halogens is 3. The maximum Gasteiger partial charge on any atom is 0.339 e. The van der Waals surface area contributed by atoms with E-state index in [0.29, 0.717) is 22.3 Å². The first-order valence-electron chi connectivity index (χ1n) is 9.07. The highest BCUT2D eigenvalue weighted by Crippen LogP contribution is 2.42. The Morgan fingerprint density at radius 1 is 0.875 bits per heavy atom. The summed E-state index contributed by atoms with van der Waals surface area (Å²) in [5.74, 6) is -3.82. The van der Waals surface area contributed by atoms with Crippen LogP contribution in [0.5, 0.6) is 5.75 Å². The van der Waals surface area contributed by atoms with Crippen LogP contribution < -0.4 is 0 Å². The molecular weight excluding hydrogens is 479 g/mol. The van der Waals surface area contributed by atoms with Crippen molar-refractivity contribution in [1.82, 2.24) is 0 Å². The zero-order chi connectivity index (χ0) is 23.9. The van der Waals surface area contributed by atoms with Crippen LogP contribution in [0.15, 0.2) is 53.1 Å². The number of aromatic carboxylic acids is 1. The van der Waals surface area contributed by atoms with Crippen molar-refractivity contribution >= 4 is 58.1 Å². The average Bonchev–Trinajstić information content (AvgIpc) is 2.72. The molecule has 3 N–H and O–H groups in total. The van der Waals surface area contributed by atoms with Gasteiger partial charge in [-0.05, 0) is 72.0 Å². The van der Waals surface area contributed by atoms with E-state index in [9.17, 15) is 29.7 Å². The molecule has 0 heterocycles. The third-order valence-electron chi connectivity index (χ3n) is 4.92. The van der Waals surface area contributed by atoms with E-state index >= 15 is 0 Å². The maximum absolute atomic E-state index is 12.3. The lowest BCUT2D eigenvalue weighted by molar-refractivity contribution is -0.134. The van der Waals surface area contributed by atoms with Crippen molar-refractivity contribution in [1.29, 1.82) is 0 Å². The Morgan fingerprint density at radius 3 is 2.12 bits per heavy atom. The molecule has 0 fully saturated rings. The number of hydrogen-bond donors (Lipinski definition) is 3. The first kappa shape index (κ1) is 23.6. The Labute approximate surface area is 197 Å². The van der Waals surface area contributed by atoms with Gasteiger partial charge in [0.05, 0.1) is 15.1 Å². The summed E-state index contributed by atoms with van der Waals surface area (Å²) in [5.41, 5.74) is 0.869. The minimum Gasteiger partial charge on any atom is -0.507 e. The van der Waals surface area contributed by atoms with Crippen LogP contribution in [0.2, 0.25) is 15.1 Å². The second kappa shape index (κ2) is 8.82. The lowest BCUT2D eigenvalue weighted by Gasteiger charge is -2.19. The topological polar surface area (TPSA) is 112 Å². The minimum absolute atomic E-state index is 0.0490. The molecule has 164 valence electrons. The summed E-state index contributed by atoms with van der Waals surface area (Å²) in [6.45, 7) is 2.99. The largest absolute Gasteiger partial charge is 0.507 e. The zero-order valence-corrected chi connectivity index (χ0v) is 18.9. The number of ketones is 1. The molecule has 0 radical (unpaired) electrons. The number of carboxylic acid groups (broad SMARTS) is 2. The van der Waals surface area contributed by atoms with Gasteiger partial charge in [-0.15, -0.1) is 0 Å². The second-order valence-corrected chi connectivity index (χ2v) is 8.23. The van der Waals surface area contributed by atoms with Crippen LogP contribution in [0, 0.1) is 6.92 Å². The molecule has 0 saturated carbocycles. The van der Waals surface area contributed by atoms with Crippen LogP contribution in [-0.4, -0.2) is 33.0 Å². The Balaban J connectivity index is 2.49. The van der Waals surface area contributed by atoms with Crippen LogP contribution in [0.4, 0.5) is 0 Å². The first-order valence-corrected chi connectivity index (χ1v) is 10.2.